The molecule has 28 heavy (non-hydrogen) atoms. The molecule has 3 aliphatic heterocycles. The van der Waals surface area contributed by atoms with E-state index in [-0.39, 0.29) is 0 Å². The second-order valence-electron chi connectivity index (χ2n) is 8.64. The largest absolute Gasteiger partial charge is 0.217 e. The van der Waals surface area contributed by atoms with Crippen molar-refractivity contribution in [2.45, 2.75) is 51.9 Å². The van der Waals surface area contributed by atoms with Gasteiger partial charge in [-0.05, 0) is 50.7 Å². The minimum Gasteiger partial charge on any atom is -0.217 e. The number of hydrogen-bond donors (Lipinski definition) is 0. The highest BCUT2D eigenvalue weighted by atomic mass is 15.9. The second kappa shape index (κ2) is 7.60. The van der Waals surface area contributed by atoms with E-state index >= 15 is 0 Å². The van der Waals surface area contributed by atoms with E-state index in [1.807, 2.05) is 0 Å². The van der Waals surface area contributed by atoms with Gasteiger partial charge in [0.15, 0.2) is 0 Å². The highest BCUT2D eigenvalue weighted by molar-refractivity contribution is 5.27. The predicted octanol–water partition coefficient (Wildman–Crippen LogP) is 4.64. The lowest BCUT2D eigenvalue weighted by Crippen LogP contribution is -2.68. The number of nitrogens with zero attached hydrogens (tertiary/aromatic N) is 4. The summed E-state index contributed by atoms with van der Waals surface area (Å²) in [5.74, 6) is 0. The molecule has 5 rings (SSSR count). The van der Waals surface area contributed by atoms with Crippen LogP contribution in [0.2, 0.25) is 0 Å². The summed E-state index contributed by atoms with van der Waals surface area (Å²) < 4.78 is 0. The van der Waals surface area contributed by atoms with Crippen LogP contribution in [0.25, 0.3) is 0 Å². The molecule has 4 nitrogen and oxygen atoms in total. The van der Waals surface area contributed by atoms with Crippen molar-refractivity contribution >= 4 is 0 Å². The number of benzene rings is 2. The summed E-state index contributed by atoms with van der Waals surface area (Å²) in [6.07, 6.45) is 5.78. The van der Waals surface area contributed by atoms with Gasteiger partial charge in [0.2, 0.25) is 0 Å². The Bertz CT molecular complexity index is 707. The van der Waals surface area contributed by atoms with Crippen LogP contribution in [-0.4, -0.2) is 46.2 Å². The predicted molar refractivity (Wildman–Crippen MR) is 113 cm³/mol. The first-order chi connectivity index (χ1) is 13.7. The van der Waals surface area contributed by atoms with E-state index in [1.165, 1.54) is 47.9 Å². The van der Waals surface area contributed by atoms with Crippen LogP contribution in [0.1, 0.15) is 60.3 Å². The lowest BCUT2D eigenvalue weighted by molar-refractivity contribution is -0.320. The van der Waals surface area contributed by atoms with Gasteiger partial charge >= 0.3 is 0 Å². The van der Waals surface area contributed by atoms with Crippen LogP contribution in [-0.2, 0) is 0 Å². The number of hydrogen-bond acceptors (Lipinski definition) is 4. The lowest BCUT2D eigenvalue weighted by atomic mass is 10.0. The average Bonchev–Trinajstić information content (AvgIpc) is 2.74. The maximum absolute atomic E-state index is 2.67. The molecule has 0 unspecified atom stereocenters. The third-order valence-corrected chi connectivity index (χ3v) is 6.59. The molecule has 3 saturated heterocycles. The molecule has 148 valence electrons. The smallest absolute Gasteiger partial charge is 0.115 e. The summed E-state index contributed by atoms with van der Waals surface area (Å²) in [5.41, 5.74) is 5.52. The molecule has 0 bridgehead atoms. The number of hydrazine groups is 2. The fraction of sp³-hybridized carbons (Fsp3) is 0.500. The van der Waals surface area contributed by atoms with Crippen LogP contribution in [0, 0.1) is 13.8 Å². The molecule has 2 aromatic carbocycles. The highest BCUT2D eigenvalue weighted by Crippen LogP contribution is 2.44. The molecule has 3 fully saturated rings. The second-order valence-corrected chi connectivity index (χ2v) is 8.64. The normalized spacial score (nSPS) is 27.4. The topological polar surface area (TPSA) is 13.0 Å². The molecule has 4 heteroatoms. The SMILES string of the molecule is Cc1ccc(C2N3CCCCN3C(c3ccc(C)cc3)N3CCCCN23)cc1. The van der Waals surface area contributed by atoms with E-state index in [1.54, 1.807) is 0 Å². The van der Waals surface area contributed by atoms with Crippen molar-refractivity contribution in [1.82, 2.24) is 20.0 Å². The fourth-order valence-electron chi connectivity index (χ4n) is 5.13. The molecule has 0 aliphatic carbocycles. The summed E-state index contributed by atoms with van der Waals surface area (Å²) in [4.78, 5) is 0. The summed E-state index contributed by atoms with van der Waals surface area (Å²) in [5, 5.41) is 10.7. The Morgan fingerprint density at radius 1 is 0.500 bits per heavy atom. The first-order valence-electron chi connectivity index (χ1n) is 10.9. The maximum Gasteiger partial charge on any atom is 0.115 e. The van der Waals surface area contributed by atoms with Crippen molar-refractivity contribution < 1.29 is 0 Å². The molecule has 0 spiro atoms. The minimum absolute atomic E-state index is 0.322. The van der Waals surface area contributed by atoms with E-state index in [4.69, 9.17) is 0 Å². The van der Waals surface area contributed by atoms with Crippen molar-refractivity contribution in [3.05, 3.63) is 70.8 Å². The quantitative estimate of drug-likeness (QED) is 0.757. The number of fused-ring (bicyclic) bond motifs is 2. The van der Waals surface area contributed by atoms with Crippen molar-refractivity contribution in [1.29, 1.82) is 0 Å². The summed E-state index contributed by atoms with van der Waals surface area (Å²) in [6.45, 7) is 8.93. The van der Waals surface area contributed by atoms with E-state index in [0.29, 0.717) is 12.3 Å². The van der Waals surface area contributed by atoms with E-state index in [2.05, 4.69) is 82.4 Å². The van der Waals surface area contributed by atoms with Gasteiger partial charge in [0.25, 0.3) is 0 Å². The van der Waals surface area contributed by atoms with Gasteiger partial charge in [-0.1, -0.05) is 59.7 Å². The molecule has 0 saturated carbocycles. The molecular weight excluding hydrogens is 344 g/mol. The van der Waals surface area contributed by atoms with Crippen LogP contribution in [0.4, 0.5) is 0 Å². The third kappa shape index (κ3) is 3.18. The summed E-state index contributed by atoms with van der Waals surface area (Å²) in [7, 11) is 0. The van der Waals surface area contributed by atoms with Crippen molar-refractivity contribution in [2.24, 2.45) is 0 Å². The van der Waals surface area contributed by atoms with Gasteiger partial charge in [0.05, 0.1) is 0 Å². The van der Waals surface area contributed by atoms with Gasteiger partial charge in [-0.2, -0.15) is 0 Å². The Kier molecular flexibility index (Phi) is 4.97. The Balaban J connectivity index is 1.58. The van der Waals surface area contributed by atoms with Gasteiger partial charge in [0.1, 0.15) is 12.3 Å². The lowest BCUT2D eigenvalue weighted by Gasteiger charge is -2.61. The Morgan fingerprint density at radius 2 is 0.786 bits per heavy atom. The monoisotopic (exact) mass is 376 g/mol. The molecular formula is C24H32N4. The van der Waals surface area contributed by atoms with E-state index < -0.39 is 0 Å². The zero-order valence-electron chi connectivity index (χ0n) is 17.2. The van der Waals surface area contributed by atoms with Crippen LogP contribution in [0.3, 0.4) is 0 Å². The highest BCUT2D eigenvalue weighted by Gasteiger charge is 2.47. The van der Waals surface area contributed by atoms with E-state index in [9.17, 15) is 0 Å². The molecule has 0 atom stereocenters. The van der Waals surface area contributed by atoms with E-state index in [0.717, 1.165) is 26.2 Å². The Hall–Kier alpha value is -1.72. The molecule has 0 aromatic heterocycles. The van der Waals surface area contributed by atoms with Crippen molar-refractivity contribution in [2.75, 3.05) is 26.2 Å². The van der Waals surface area contributed by atoms with Crippen LogP contribution >= 0.6 is 0 Å². The van der Waals surface area contributed by atoms with Gasteiger partial charge in [-0.25, -0.2) is 20.0 Å². The van der Waals surface area contributed by atoms with Crippen molar-refractivity contribution in [3.63, 3.8) is 0 Å². The number of rotatable bonds is 2. The maximum atomic E-state index is 2.67. The summed E-state index contributed by atoms with van der Waals surface area (Å²) >= 11 is 0. The van der Waals surface area contributed by atoms with Gasteiger partial charge in [-0.15, -0.1) is 0 Å². The number of aryl methyl sites for hydroxylation is 2. The van der Waals surface area contributed by atoms with Crippen LogP contribution in [0.5, 0.6) is 0 Å². The summed E-state index contributed by atoms with van der Waals surface area (Å²) in [6, 6.07) is 18.4. The molecule has 0 amide bonds. The fourth-order valence-corrected chi connectivity index (χ4v) is 5.13. The van der Waals surface area contributed by atoms with Gasteiger partial charge in [-0.3, -0.25) is 0 Å². The minimum atomic E-state index is 0.322. The zero-order valence-corrected chi connectivity index (χ0v) is 17.2. The zero-order chi connectivity index (χ0) is 19.1. The van der Waals surface area contributed by atoms with Crippen LogP contribution in [0.15, 0.2) is 48.5 Å². The third-order valence-electron chi connectivity index (χ3n) is 6.59. The molecule has 2 aromatic rings. The first-order valence-corrected chi connectivity index (χ1v) is 10.9. The standard InChI is InChI=1S/C24H32N4/c1-19-7-11-21(12-8-19)23-25-15-3-5-17-27(25)24(22-13-9-20(2)10-14-22)28-18-6-4-16-26(23)28/h7-14,23-24H,3-6,15-18H2,1-2H3. The molecule has 0 N–H and O–H groups in total. The van der Waals surface area contributed by atoms with Crippen LogP contribution < -0.4 is 0 Å². The molecule has 3 heterocycles. The molecule has 3 aliphatic rings. The first kappa shape index (κ1) is 18.3. The van der Waals surface area contributed by atoms with Gasteiger partial charge in [0, 0.05) is 26.2 Å². The Morgan fingerprint density at radius 3 is 1.07 bits per heavy atom. The Labute approximate surface area is 169 Å². The average molecular weight is 377 g/mol. The van der Waals surface area contributed by atoms with Gasteiger partial charge < -0.3 is 0 Å². The van der Waals surface area contributed by atoms with Crippen molar-refractivity contribution in [3.8, 4) is 0 Å². The molecule has 0 radical (unpaired) electrons.